The molecule has 164 valence electrons. The highest BCUT2D eigenvalue weighted by atomic mass is 16.6. The van der Waals surface area contributed by atoms with Gasteiger partial charge in [-0.15, -0.1) is 0 Å². The number of rotatable bonds is 1. The predicted octanol–water partition coefficient (Wildman–Crippen LogP) is 4.97. The number of methoxy groups -OCH3 is 1. The molecule has 1 N–H and O–H groups in total. The molecule has 0 amide bonds. The summed E-state index contributed by atoms with van der Waals surface area (Å²) in [6.45, 7) is 0. The normalized spacial score (nSPS) is 22.8. The molecule has 0 saturated heterocycles. The van der Waals surface area contributed by atoms with E-state index in [1.165, 1.54) is 21.5 Å². The van der Waals surface area contributed by atoms with Crippen molar-refractivity contribution in [3.8, 4) is 11.3 Å². The highest BCUT2D eigenvalue weighted by Crippen LogP contribution is 2.63. The zero-order valence-electron chi connectivity index (χ0n) is 18.9. The number of aliphatic hydroxyl groups is 1. The first-order chi connectivity index (χ1) is 16.6. The van der Waals surface area contributed by atoms with Crippen molar-refractivity contribution in [1.29, 1.82) is 0 Å². The summed E-state index contributed by atoms with van der Waals surface area (Å²) in [5, 5.41) is 17.3. The molecule has 0 radical (unpaired) electrons. The predicted molar refractivity (Wildman–Crippen MR) is 133 cm³/mol. The highest BCUT2D eigenvalue weighted by molar-refractivity contribution is 6.15. The molecule has 1 aliphatic heterocycles. The lowest BCUT2D eigenvalue weighted by Gasteiger charge is -2.18. The Morgan fingerprint density at radius 2 is 1.68 bits per heavy atom. The van der Waals surface area contributed by atoms with Crippen LogP contribution in [0, 0.1) is 0 Å². The van der Waals surface area contributed by atoms with Crippen LogP contribution in [0.25, 0.3) is 54.7 Å². The number of fused-ring (bicyclic) bond motifs is 13. The smallest absolute Gasteiger partial charge is 0.287 e. The van der Waals surface area contributed by atoms with E-state index in [1.54, 1.807) is 7.11 Å². The minimum Gasteiger partial charge on any atom is -0.362 e. The van der Waals surface area contributed by atoms with E-state index in [4.69, 9.17) is 9.72 Å². The van der Waals surface area contributed by atoms with Crippen LogP contribution in [0.1, 0.15) is 17.5 Å². The van der Waals surface area contributed by atoms with Crippen LogP contribution in [-0.2, 0) is 11.8 Å². The molecule has 34 heavy (non-hydrogen) atoms. The first-order valence-corrected chi connectivity index (χ1v) is 11.6. The van der Waals surface area contributed by atoms with Gasteiger partial charge in [-0.2, -0.15) is 0 Å². The lowest BCUT2D eigenvalue weighted by atomic mass is 9.90. The van der Waals surface area contributed by atoms with Gasteiger partial charge in [0, 0.05) is 19.7 Å². The van der Waals surface area contributed by atoms with Gasteiger partial charge in [0.1, 0.15) is 5.52 Å². The molecule has 5 heteroatoms. The van der Waals surface area contributed by atoms with Crippen LogP contribution in [-0.4, -0.2) is 27.6 Å². The summed E-state index contributed by atoms with van der Waals surface area (Å²) in [5.74, 6) is -1.35. The van der Waals surface area contributed by atoms with Crippen molar-refractivity contribution in [3.63, 3.8) is 0 Å². The van der Waals surface area contributed by atoms with Crippen LogP contribution in [0.2, 0.25) is 0 Å². The molecule has 6 aromatic rings. The third kappa shape index (κ3) is 2.04. The molecule has 3 atom stereocenters. The summed E-state index contributed by atoms with van der Waals surface area (Å²) in [5.41, 5.74) is 6.60. The van der Waals surface area contributed by atoms with Gasteiger partial charge >= 0.3 is 0 Å². The lowest BCUT2D eigenvalue weighted by Crippen LogP contribution is -2.41. The molecule has 2 aromatic heterocycles. The summed E-state index contributed by atoms with van der Waals surface area (Å²) >= 11 is 0. The van der Waals surface area contributed by atoms with Crippen LogP contribution >= 0.6 is 0 Å². The van der Waals surface area contributed by atoms with E-state index in [0.717, 1.165) is 38.8 Å². The maximum Gasteiger partial charge on any atom is 0.287 e. The largest absolute Gasteiger partial charge is 0.362 e. The second kappa shape index (κ2) is 6.00. The quantitative estimate of drug-likeness (QED) is 0.288. The number of aromatic nitrogens is 3. The summed E-state index contributed by atoms with van der Waals surface area (Å²) in [6.07, 6.45) is 1.89. The van der Waals surface area contributed by atoms with Crippen LogP contribution in [0.5, 0.6) is 0 Å². The van der Waals surface area contributed by atoms with Gasteiger partial charge in [0.05, 0.1) is 16.8 Å². The van der Waals surface area contributed by atoms with Crippen LogP contribution in [0.4, 0.5) is 0 Å². The molecule has 1 fully saturated rings. The molecule has 1 saturated carbocycles. The van der Waals surface area contributed by atoms with E-state index >= 15 is 0 Å². The number of nitrogens with zero attached hydrogens (tertiary/aromatic N) is 3. The maximum absolute atomic E-state index is 11.4. The van der Waals surface area contributed by atoms with Crippen LogP contribution in [0.15, 0.2) is 79.1 Å². The molecule has 3 unspecified atom stereocenters. The van der Waals surface area contributed by atoms with E-state index in [2.05, 4.69) is 89.0 Å². The van der Waals surface area contributed by atoms with Crippen molar-refractivity contribution in [2.45, 2.75) is 17.7 Å². The number of hydrogen-bond acceptors (Lipinski definition) is 3. The zero-order valence-corrected chi connectivity index (χ0v) is 18.9. The Hall–Kier alpha value is -3.80. The topological polar surface area (TPSA) is 51.2 Å². The Labute approximate surface area is 195 Å². The van der Waals surface area contributed by atoms with Crippen LogP contribution < -0.4 is 4.57 Å². The third-order valence-corrected chi connectivity index (χ3v) is 8.07. The fourth-order valence-electron chi connectivity index (χ4n) is 6.41. The average molecular weight is 445 g/mol. The first kappa shape index (κ1) is 18.6. The van der Waals surface area contributed by atoms with Crippen molar-refractivity contribution in [2.75, 3.05) is 7.11 Å². The zero-order chi connectivity index (χ0) is 22.8. The minimum atomic E-state index is -1.23. The average Bonchev–Trinajstić information content (AvgIpc) is 3.42. The Kier molecular flexibility index (Phi) is 3.28. The number of hydrogen-bond donors (Lipinski definition) is 1. The van der Waals surface area contributed by atoms with Crippen molar-refractivity contribution >= 4 is 43.5 Å². The van der Waals surface area contributed by atoms with E-state index in [0.29, 0.717) is 0 Å². The molecule has 1 aliphatic carbocycles. The molecule has 2 aliphatic rings. The van der Waals surface area contributed by atoms with E-state index in [9.17, 15) is 5.11 Å². The Morgan fingerprint density at radius 1 is 0.941 bits per heavy atom. The monoisotopic (exact) mass is 444 g/mol. The van der Waals surface area contributed by atoms with Gasteiger partial charge in [0.2, 0.25) is 11.3 Å². The molecule has 8 rings (SSSR count). The first-order valence-electron chi connectivity index (χ1n) is 11.6. The summed E-state index contributed by atoms with van der Waals surface area (Å²) < 4.78 is 10.1. The van der Waals surface area contributed by atoms with Gasteiger partial charge in [0.25, 0.3) is 6.33 Å². The Balaban J connectivity index is 1.59. The van der Waals surface area contributed by atoms with Gasteiger partial charge in [-0.25, -0.2) is 4.57 Å². The SMILES string of the molecule is COC1(O)C2c3ccc4ccccc4c3-c3c4c(nc[n+]3C21)c1cc2ccccc2cc1n4C. The van der Waals surface area contributed by atoms with Gasteiger partial charge in [0.15, 0.2) is 11.7 Å². The molecular weight excluding hydrogens is 422 g/mol. The standard InChI is InChI=1S/C29H22N3O2/c1-31-22-14-18-9-4-3-8-17(18)13-21(22)25-27(31)26-23-19-10-6-5-7-16(19)11-12-20(23)24-28(29(24,33)34-2)32(26)15-30-25/h3-15,24,28,33H,1-2H3/q+1. The molecule has 5 nitrogen and oxygen atoms in total. The minimum absolute atomic E-state index is 0.119. The van der Waals surface area contributed by atoms with E-state index in [1.807, 2.05) is 6.33 Å². The van der Waals surface area contributed by atoms with Crippen molar-refractivity contribution in [3.05, 3.63) is 84.7 Å². The Morgan fingerprint density at radius 3 is 2.47 bits per heavy atom. The highest BCUT2D eigenvalue weighted by Gasteiger charge is 2.73. The van der Waals surface area contributed by atoms with Crippen molar-refractivity contribution < 1.29 is 14.4 Å². The molecule has 4 aromatic carbocycles. The molecule has 3 heterocycles. The summed E-state index contributed by atoms with van der Waals surface area (Å²) in [7, 11) is 3.71. The van der Waals surface area contributed by atoms with Gasteiger partial charge in [-0.05, 0) is 44.2 Å². The summed E-state index contributed by atoms with van der Waals surface area (Å²) in [6, 6.07) is 25.6. The third-order valence-electron chi connectivity index (χ3n) is 8.07. The number of benzene rings is 4. The molecular formula is C29H22N3O2+. The summed E-state index contributed by atoms with van der Waals surface area (Å²) in [4.78, 5) is 4.96. The second-order valence-electron chi connectivity index (χ2n) is 9.60. The van der Waals surface area contributed by atoms with Crippen molar-refractivity contribution in [1.82, 2.24) is 9.55 Å². The van der Waals surface area contributed by atoms with E-state index < -0.39 is 5.79 Å². The Bertz CT molecular complexity index is 1850. The molecule has 0 bridgehead atoms. The second-order valence-corrected chi connectivity index (χ2v) is 9.60. The number of ether oxygens (including phenoxy) is 1. The van der Waals surface area contributed by atoms with Gasteiger partial charge in [-0.3, -0.25) is 0 Å². The molecule has 0 spiro atoms. The van der Waals surface area contributed by atoms with E-state index in [-0.39, 0.29) is 12.0 Å². The maximum atomic E-state index is 11.4. The fourth-order valence-corrected chi connectivity index (χ4v) is 6.41. The number of aryl methyl sites for hydroxylation is 1. The van der Waals surface area contributed by atoms with Crippen LogP contribution in [0.3, 0.4) is 0 Å². The fraction of sp³-hybridized carbons (Fsp3) is 0.172. The van der Waals surface area contributed by atoms with Gasteiger partial charge < -0.3 is 14.4 Å². The van der Waals surface area contributed by atoms with Crippen molar-refractivity contribution in [2.24, 2.45) is 7.05 Å². The lowest BCUT2D eigenvalue weighted by molar-refractivity contribution is -0.704. The van der Waals surface area contributed by atoms with Gasteiger partial charge in [-0.1, -0.05) is 60.7 Å².